The summed E-state index contributed by atoms with van der Waals surface area (Å²) < 4.78 is 0. The molecular formula is C12H22N2OS. The van der Waals surface area contributed by atoms with Crippen LogP contribution in [0.5, 0.6) is 0 Å². The number of hydrogen-bond acceptors (Lipinski definition) is 2. The Bertz CT molecular complexity index is 272. The Kier molecular flexibility index (Phi) is 6.97. The van der Waals surface area contributed by atoms with Crippen LogP contribution in [0.3, 0.4) is 0 Å². The van der Waals surface area contributed by atoms with Crippen LogP contribution in [0.4, 0.5) is 0 Å². The van der Waals surface area contributed by atoms with Crippen LogP contribution in [0.15, 0.2) is 12.2 Å². The van der Waals surface area contributed by atoms with Gasteiger partial charge in [0.25, 0.3) is 0 Å². The lowest BCUT2D eigenvalue weighted by molar-refractivity contribution is -0.129. The summed E-state index contributed by atoms with van der Waals surface area (Å²) in [6.07, 6.45) is 5.41. The molecule has 1 amide bonds. The van der Waals surface area contributed by atoms with Crippen molar-refractivity contribution in [2.24, 2.45) is 5.92 Å². The summed E-state index contributed by atoms with van der Waals surface area (Å²) in [7, 11) is 7.43. The van der Waals surface area contributed by atoms with Gasteiger partial charge in [-0.15, -0.1) is 0 Å². The van der Waals surface area contributed by atoms with Gasteiger partial charge >= 0.3 is 0 Å². The van der Waals surface area contributed by atoms with E-state index in [1.807, 2.05) is 32.0 Å². The second-order valence-corrected chi connectivity index (χ2v) is 4.86. The fourth-order valence-electron chi connectivity index (χ4n) is 1.11. The molecule has 0 radical (unpaired) electrons. The number of rotatable bonds is 5. The molecule has 0 aliphatic heterocycles. The van der Waals surface area contributed by atoms with Gasteiger partial charge in [-0.1, -0.05) is 31.3 Å². The van der Waals surface area contributed by atoms with E-state index in [0.717, 1.165) is 11.4 Å². The SMILES string of the molecule is CC(/C=C/CC(=S)N(C)C)CC(=O)N(C)C. The predicted molar refractivity (Wildman–Crippen MR) is 72.5 cm³/mol. The van der Waals surface area contributed by atoms with Crippen molar-refractivity contribution < 1.29 is 4.79 Å². The minimum Gasteiger partial charge on any atom is -0.372 e. The summed E-state index contributed by atoms with van der Waals surface area (Å²) in [5.41, 5.74) is 0. The molecule has 0 aromatic carbocycles. The molecule has 0 saturated heterocycles. The summed E-state index contributed by atoms with van der Waals surface area (Å²) in [5.74, 6) is 0.423. The lowest BCUT2D eigenvalue weighted by atomic mass is 10.1. The van der Waals surface area contributed by atoms with E-state index < -0.39 is 0 Å². The molecule has 0 aromatic heterocycles. The zero-order chi connectivity index (χ0) is 12.7. The molecule has 0 spiro atoms. The quantitative estimate of drug-likeness (QED) is 0.544. The van der Waals surface area contributed by atoms with Gasteiger partial charge in [-0.3, -0.25) is 4.79 Å². The van der Waals surface area contributed by atoms with E-state index in [1.54, 1.807) is 19.0 Å². The second-order valence-electron chi connectivity index (χ2n) is 4.39. The van der Waals surface area contributed by atoms with Gasteiger partial charge in [0.2, 0.25) is 5.91 Å². The van der Waals surface area contributed by atoms with Crippen LogP contribution in [0.2, 0.25) is 0 Å². The molecule has 0 fully saturated rings. The highest BCUT2D eigenvalue weighted by molar-refractivity contribution is 7.80. The Hall–Kier alpha value is -0.900. The van der Waals surface area contributed by atoms with E-state index >= 15 is 0 Å². The predicted octanol–water partition coefficient (Wildman–Crippen LogP) is 1.94. The Morgan fingerprint density at radius 3 is 2.25 bits per heavy atom. The first-order valence-electron chi connectivity index (χ1n) is 5.41. The monoisotopic (exact) mass is 242 g/mol. The van der Waals surface area contributed by atoms with Crippen LogP contribution < -0.4 is 0 Å². The van der Waals surface area contributed by atoms with Gasteiger partial charge in [-0.05, 0) is 5.92 Å². The first-order chi connectivity index (χ1) is 7.34. The van der Waals surface area contributed by atoms with Crippen molar-refractivity contribution in [2.75, 3.05) is 28.2 Å². The molecule has 4 heteroatoms. The van der Waals surface area contributed by atoms with Gasteiger partial charge in [0.15, 0.2) is 0 Å². The third-order valence-corrected chi connectivity index (χ3v) is 2.78. The van der Waals surface area contributed by atoms with Crippen LogP contribution in [-0.4, -0.2) is 48.9 Å². The van der Waals surface area contributed by atoms with Crippen LogP contribution >= 0.6 is 12.2 Å². The van der Waals surface area contributed by atoms with E-state index in [2.05, 4.69) is 6.08 Å². The molecule has 1 unspecified atom stereocenters. The van der Waals surface area contributed by atoms with Crippen molar-refractivity contribution in [2.45, 2.75) is 19.8 Å². The fourth-order valence-corrected chi connectivity index (χ4v) is 1.21. The molecule has 0 aliphatic carbocycles. The normalized spacial score (nSPS) is 12.6. The molecule has 0 heterocycles. The topological polar surface area (TPSA) is 23.6 Å². The highest BCUT2D eigenvalue weighted by Gasteiger charge is 2.07. The van der Waals surface area contributed by atoms with Crippen LogP contribution in [0.25, 0.3) is 0 Å². The lowest BCUT2D eigenvalue weighted by Crippen LogP contribution is -2.23. The van der Waals surface area contributed by atoms with Gasteiger partial charge in [-0.25, -0.2) is 0 Å². The Labute approximate surface area is 104 Å². The summed E-state index contributed by atoms with van der Waals surface area (Å²) >= 11 is 5.16. The molecular weight excluding hydrogens is 220 g/mol. The molecule has 3 nitrogen and oxygen atoms in total. The number of nitrogens with zero attached hydrogens (tertiary/aromatic N) is 2. The van der Waals surface area contributed by atoms with E-state index in [1.165, 1.54) is 0 Å². The van der Waals surface area contributed by atoms with Gasteiger partial charge < -0.3 is 9.80 Å². The standard InChI is InChI=1S/C12H22N2OS/c1-10(9-11(15)13(2)3)7-6-8-12(16)14(4)5/h6-7,10H,8-9H2,1-5H3/b7-6+. The minimum atomic E-state index is 0.160. The van der Waals surface area contributed by atoms with Crippen molar-refractivity contribution >= 4 is 23.1 Å². The maximum Gasteiger partial charge on any atom is 0.222 e. The molecule has 16 heavy (non-hydrogen) atoms. The first-order valence-corrected chi connectivity index (χ1v) is 5.82. The fraction of sp³-hybridized carbons (Fsp3) is 0.667. The number of amides is 1. The van der Waals surface area contributed by atoms with Crippen molar-refractivity contribution in [3.63, 3.8) is 0 Å². The number of carbonyl (C=O) groups is 1. The van der Waals surface area contributed by atoms with E-state index in [0.29, 0.717) is 6.42 Å². The number of carbonyl (C=O) groups excluding carboxylic acids is 1. The Morgan fingerprint density at radius 1 is 1.25 bits per heavy atom. The summed E-state index contributed by atoms with van der Waals surface area (Å²) in [5, 5.41) is 0. The summed E-state index contributed by atoms with van der Waals surface area (Å²) in [6.45, 7) is 2.04. The van der Waals surface area contributed by atoms with Crippen molar-refractivity contribution in [3.05, 3.63) is 12.2 Å². The maximum atomic E-state index is 11.4. The molecule has 0 rings (SSSR count). The third-order valence-electron chi connectivity index (χ3n) is 2.25. The Morgan fingerprint density at radius 2 is 1.81 bits per heavy atom. The summed E-state index contributed by atoms with van der Waals surface area (Å²) in [4.78, 5) is 15.9. The molecule has 0 aromatic rings. The largest absolute Gasteiger partial charge is 0.372 e. The van der Waals surface area contributed by atoms with Crippen molar-refractivity contribution in [1.29, 1.82) is 0 Å². The van der Waals surface area contributed by atoms with Gasteiger partial charge in [-0.2, -0.15) is 0 Å². The second kappa shape index (κ2) is 7.39. The smallest absolute Gasteiger partial charge is 0.222 e. The van der Waals surface area contributed by atoms with E-state index in [4.69, 9.17) is 12.2 Å². The maximum absolute atomic E-state index is 11.4. The number of allylic oxidation sites excluding steroid dienone is 1. The zero-order valence-electron chi connectivity index (χ0n) is 10.9. The molecule has 0 aliphatic rings. The zero-order valence-corrected chi connectivity index (χ0v) is 11.7. The molecule has 92 valence electrons. The van der Waals surface area contributed by atoms with Crippen LogP contribution in [0.1, 0.15) is 19.8 Å². The number of thiocarbonyl (C=S) groups is 1. The molecule has 0 saturated carbocycles. The number of hydrogen-bond donors (Lipinski definition) is 0. The van der Waals surface area contributed by atoms with E-state index in [-0.39, 0.29) is 11.8 Å². The van der Waals surface area contributed by atoms with Gasteiger partial charge in [0.1, 0.15) is 0 Å². The highest BCUT2D eigenvalue weighted by atomic mass is 32.1. The first kappa shape index (κ1) is 15.1. The van der Waals surface area contributed by atoms with Gasteiger partial charge in [0, 0.05) is 41.0 Å². The molecule has 0 N–H and O–H groups in total. The Balaban J connectivity index is 3.96. The minimum absolute atomic E-state index is 0.160. The van der Waals surface area contributed by atoms with Crippen LogP contribution in [0, 0.1) is 5.92 Å². The molecule has 0 bridgehead atoms. The van der Waals surface area contributed by atoms with Crippen LogP contribution in [-0.2, 0) is 4.79 Å². The van der Waals surface area contributed by atoms with Gasteiger partial charge in [0.05, 0.1) is 4.99 Å². The van der Waals surface area contributed by atoms with Crippen molar-refractivity contribution in [3.8, 4) is 0 Å². The molecule has 1 atom stereocenters. The van der Waals surface area contributed by atoms with Crippen molar-refractivity contribution in [1.82, 2.24) is 9.80 Å². The highest BCUT2D eigenvalue weighted by Crippen LogP contribution is 2.06. The average molecular weight is 242 g/mol. The average Bonchev–Trinajstić information content (AvgIpc) is 2.16. The third kappa shape index (κ3) is 6.56. The lowest BCUT2D eigenvalue weighted by Gasteiger charge is -2.13. The summed E-state index contributed by atoms with van der Waals surface area (Å²) in [6, 6.07) is 0. The van der Waals surface area contributed by atoms with E-state index in [9.17, 15) is 4.79 Å².